The Morgan fingerprint density at radius 3 is 2.92 bits per heavy atom. The fraction of sp³-hybridized carbons (Fsp3) is 0.333. The van der Waals surface area contributed by atoms with Gasteiger partial charge >= 0.3 is 0 Å². The molecule has 0 fully saturated rings. The molecule has 0 aliphatic carbocycles. The Kier molecular flexibility index (Phi) is 1.92. The normalized spacial score (nSPS) is 20.7. The molecular weight excluding hydrogens is 176 g/mol. The zero-order chi connectivity index (χ0) is 9.42. The van der Waals surface area contributed by atoms with Gasteiger partial charge in [0.15, 0.2) is 11.6 Å². The van der Waals surface area contributed by atoms with Crippen molar-refractivity contribution in [1.82, 2.24) is 0 Å². The predicted molar refractivity (Wildman–Crippen MR) is 43.4 cm³/mol. The van der Waals surface area contributed by atoms with E-state index in [2.05, 4.69) is 0 Å². The van der Waals surface area contributed by atoms with Crippen LogP contribution in [0, 0.1) is 11.6 Å². The van der Waals surface area contributed by atoms with Gasteiger partial charge in [0.25, 0.3) is 0 Å². The highest BCUT2D eigenvalue weighted by molar-refractivity contribution is 5.39. The van der Waals surface area contributed by atoms with Crippen LogP contribution in [0.25, 0.3) is 0 Å². The first-order valence-electron chi connectivity index (χ1n) is 4.06. The van der Waals surface area contributed by atoms with Gasteiger partial charge in [0.05, 0.1) is 6.61 Å². The molecule has 70 valence electrons. The second-order valence-electron chi connectivity index (χ2n) is 3.02. The van der Waals surface area contributed by atoms with E-state index in [9.17, 15) is 8.78 Å². The van der Waals surface area contributed by atoms with Crippen molar-refractivity contribution in [3.8, 4) is 5.75 Å². The third-order valence-corrected chi connectivity index (χ3v) is 2.16. The molecule has 1 aliphatic rings. The Morgan fingerprint density at radius 2 is 2.15 bits per heavy atom. The number of fused-ring (bicyclic) bond motifs is 1. The Labute approximate surface area is 74.3 Å². The van der Waals surface area contributed by atoms with Crippen molar-refractivity contribution in [1.29, 1.82) is 0 Å². The van der Waals surface area contributed by atoms with Crippen molar-refractivity contribution in [3.63, 3.8) is 0 Å². The van der Waals surface area contributed by atoms with Crippen LogP contribution in [0.3, 0.4) is 0 Å². The quantitative estimate of drug-likeness (QED) is 0.668. The van der Waals surface area contributed by atoms with E-state index < -0.39 is 11.6 Å². The van der Waals surface area contributed by atoms with E-state index in [1.54, 1.807) is 0 Å². The first-order valence-corrected chi connectivity index (χ1v) is 4.06. The second-order valence-corrected chi connectivity index (χ2v) is 3.02. The number of halogens is 2. The van der Waals surface area contributed by atoms with Crippen LogP contribution in [0.15, 0.2) is 12.1 Å². The van der Waals surface area contributed by atoms with Crippen molar-refractivity contribution < 1.29 is 13.5 Å². The monoisotopic (exact) mass is 185 g/mol. The van der Waals surface area contributed by atoms with Gasteiger partial charge in [-0.15, -0.1) is 0 Å². The minimum atomic E-state index is -0.937. The molecule has 0 bridgehead atoms. The van der Waals surface area contributed by atoms with Gasteiger partial charge < -0.3 is 10.5 Å². The zero-order valence-electron chi connectivity index (χ0n) is 6.89. The van der Waals surface area contributed by atoms with E-state index in [1.807, 2.05) is 0 Å². The average Bonchev–Trinajstić information content (AvgIpc) is 2.12. The summed E-state index contributed by atoms with van der Waals surface area (Å²) in [6.07, 6.45) is 0.637. The molecule has 1 aromatic rings. The molecule has 0 saturated carbocycles. The summed E-state index contributed by atoms with van der Waals surface area (Å²) < 4.78 is 30.8. The summed E-state index contributed by atoms with van der Waals surface area (Å²) in [6.45, 7) is 0.342. The topological polar surface area (TPSA) is 35.2 Å². The zero-order valence-corrected chi connectivity index (χ0v) is 6.89. The van der Waals surface area contributed by atoms with Gasteiger partial charge in [0.2, 0.25) is 5.82 Å². The molecule has 1 aromatic carbocycles. The smallest absolute Gasteiger partial charge is 0.200 e. The summed E-state index contributed by atoms with van der Waals surface area (Å²) in [5, 5.41) is 0. The fourth-order valence-corrected chi connectivity index (χ4v) is 1.43. The standard InChI is InChI=1S/C9H9F2NO/c10-6-2-1-5-7(12)3-4-13-9(5)8(6)11/h1-2,7H,3-4,12H2. The van der Waals surface area contributed by atoms with Crippen molar-refractivity contribution in [2.75, 3.05) is 6.61 Å². The molecule has 0 aromatic heterocycles. The van der Waals surface area contributed by atoms with Crippen LogP contribution in [0.1, 0.15) is 18.0 Å². The van der Waals surface area contributed by atoms with Gasteiger partial charge in [-0.3, -0.25) is 0 Å². The molecular formula is C9H9F2NO. The van der Waals surface area contributed by atoms with Crippen LogP contribution < -0.4 is 10.5 Å². The first kappa shape index (κ1) is 8.44. The highest BCUT2D eigenvalue weighted by Gasteiger charge is 2.23. The Hall–Kier alpha value is -1.16. The van der Waals surface area contributed by atoms with Crippen LogP contribution in [-0.4, -0.2) is 6.61 Å². The molecule has 1 atom stereocenters. The number of benzene rings is 1. The van der Waals surface area contributed by atoms with Crippen molar-refractivity contribution in [2.24, 2.45) is 5.73 Å². The molecule has 2 N–H and O–H groups in total. The van der Waals surface area contributed by atoms with Gasteiger partial charge in [-0.2, -0.15) is 4.39 Å². The molecule has 13 heavy (non-hydrogen) atoms. The first-order chi connectivity index (χ1) is 6.20. The lowest BCUT2D eigenvalue weighted by Crippen LogP contribution is -2.21. The molecule has 1 aliphatic heterocycles. The SMILES string of the molecule is NC1CCOc2c1ccc(F)c2F. The lowest BCUT2D eigenvalue weighted by atomic mass is 10.0. The highest BCUT2D eigenvalue weighted by Crippen LogP contribution is 2.33. The van der Waals surface area contributed by atoms with E-state index in [0.717, 1.165) is 6.07 Å². The largest absolute Gasteiger partial charge is 0.490 e. The summed E-state index contributed by atoms with van der Waals surface area (Å²) in [5.41, 5.74) is 6.24. The minimum Gasteiger partial charge on any atom is -0.490 e. The van der Waals surface area contributed by atoms with E-state index in [0.29, 0.717) is 18.6 Å². The Balaban J connectivity index is 2.56. The number of hydrogen-bond donors (Lipinski definition) is 1. The molecule has 4 heteroatoms. The third-order valence-electron chi connectivity index (χ3n) is 2.16. The fourth-order valence-electron chi connectivity index (χ4n) is 1.43. The van der Waals surface area contributed by atoms with E-state index in [-0.39, 0.29) is 11.8 Å². The number of nitrogens with two attached hydrogens (primary N) is 1. The maximum Gasteiger partial charge on any atom is 0.200 e. The van der Waals surface area contributed by atoms with Crippen molar-refractivity contribution in [3.05, 3.63) is 29.3 Å². The molecule has 0 amide bonds. The van der Waals surface area contributed by atoms with Crippen molar-refractivity contribution in [2.45, 2.75) is 12.5 Å². The maximum atomic E-state index is 13.1. The predicted octanol–water partition coefficient (Wildman–Crippen LogP) is 1.75. The Morgan fingerprint density at radius 1 is 1.38 bits per heavy atom. The van der Waals surface area contributed by atoms with E-state index in [4.69, 9.17) is 10.5 Å². The maximum absolute atomic E-state index is 13.1. The molecule has 0 saturated heterocycles. The highest BCUT2D eigenvalue weighted by atomic mass is 19.2. The van der Waals surface area contributed by atoms with E-state index in [1.165, 1.54) is 6.07 Å². The van der Waals surface area contributed by atoms with Gasteiger partial charge in [-0.25, -0.2) is 4.39 Å². The minimum absolute atomic E-state index is 0.0289. The lowest BCUT2D eigenvalue weighted by molar-refractivity contribution is 0.251. The third kappa shape index (κ3) is 1.27. The summed E-state index contributed by atoms with van der Waals surface area (Å²) in [4.78, 5) is 0. The van der Waals surface area contributed by atoms with Crippen LogP contribution >= 0.6 is 0 Å². The molecule has 0 radical (unpaired) electrons. The second kappa shape index (κ2) is 2.96. The molecule has 1 heterocycles. The Bertz CT molecular complexity index is 341. The number of hydrogen-bond acceptors (Lipinski definition) is 2. The summed E-state index contributed by atoms with van der Waals surface area (Å²) in [7, 11) is 0. The number of ether oxygens (including phenoxy) is 1. The van der Waals surface area contributed by atoms with E-state index >= 15 is 0 Å². The summed E-state index contributed by atoms with van der Waals surface area (Å²) >= 11 is 0. The summed E-state index contributed by atoms with van der Waals surface area (Å²) in [5.74, 6) is -1.86. The van der Waals surface area contributed by atoms with Crippen molar-refractivity contribution >= 4 is 0 Å². The van der Waals surface area contributed by atoms with Crippen LogP contribution in [0.2, 0.25) is 0 Å². The molecule has 2 nitrogen and oxygen atoms in total. The average molecular weight is 185 g/mol. The summed E-state index contributed by atoms with van der Waals surface area (Å²) in [6, 6.07) is 2.29. The lowest BCUT2D eigenvalue weighted by Gasteiger charge is -2.23. The van der Waals surface area contributed by atoms with Gasteiger partial charge in [0, 0.05) is 18.0 Å². The van der Waals surface area contributed by atoms with Crippen LogP contribution in [0.5, 0.6) is 5.75 Å². The van der Waals surface area contributed by atoms with Crippen LogP contribution in [0.4, 0.5) is 8.78 Å². The van der Waals surface area contributed by atoms with Gasteiger partial charge in [-0.05, 0) is 6.07 Å². The van der Waals surface area contributed by atoms with Gasteiger partial charge in [-0.1, -0.05) is 6.07 Å². The molecule has 0 spiro atoms. The van der Waals surface area contributed by atoms with Crippen LogP contribution in [-0.2, 0) is 0 Å². The molecule has 1 unspecified atom stereocenters. The van der Waals surface area contributed by atoms with Gasteiger partial charge in [0.1, 0.15) is 0 Å². The molecule has 2 rings (SSSR count). The number of rotatable bonds is 0.